The van der Waals surface area contributed by atoms with Gasteiger partial charge in [0.05, 0.1) is 0 Å². The van der Waals surface area contributed by atoms with E-state index in [0.29, 0.717) is 5.23 Å². The topological polar surface area (TPSA) is 73.6 Å². The van der Waals surface area contributed by atoms with Crippen LogP contribution < -0.4 is 16.1 Å². The summed E-state index contributed by atoms with van der Waals surface area (Å²) in [6, 6.07) is 0. The molecule has 1 atom stereocenters. The Morgan fingerprint density at radius 1 is 1.62 bits per heavy atom. The summed E-state index contributed by atoms with van der Waals surface area (Å²) in [6.45, 7) is 1.93. The highest BCUT2D eigenvalue weighted by molar-refractivity contribution is 5.45. The summed E-state index contributed by atoms with van der Waals surface area (Å²) < 4.78 is 0. The number of quaternary nitrogens is 1. The molecule has 3 N–H and O–H groups in total. The lowest BCUT2D eigenvalue weighted by molar-refractivity contribution is -0.872. The van der Waals surface area contributed by atoms with Gasteiger partial charge in [0.1, 0.15) is 6.33 Å². The third-order valence-corrected chi connectivity index (χ3v) is 1.77. The van der Waals surface area contributed by atoms with Gasteiger partial charge < -0.3 is 5.43 Å². The number of nitrogens with zero attached hydrogens (tertiary/aromatic N) is 4. The molecule has 0 fully saturated rings. The van der Waals surface area contributed by atoms with Crippen LogP contribution in [0.3, 0.4) is 0 Å². The predicted octanol–water partition coefficient (Wildman–Crippen LogP) is -0.961. The van der Waals surface area contributed by atoms with E-state index in [1.807, 2.05) is 6.92 Å². The average molecular weight is 178 g/mol. The van der Waals surface area contributed by atoms with Crippen LogP contribution in [0.1, 0.15) is 5.56 Å². The SMILES string of the molecule is Cc1cncnc1N1C=C[N-][NH+]1N. The van der Waals surface area contributed by atoms with E-state index in [0.717, 1.165) is 11.4 Å². The van der Waals surface area contributed by atoms with Gasteiger partial charge in [-0.3, -0.25) is 0 Å². The first-order valence-electron chi connectivity index (χ1n) is 3.85. The van der Waals surface area contributed by atoms with Crippen molar-refractivity contribution in [2.45, 2.75) is 6.92 Å². The Morgan fingerprint density at radius 3 is 3.08 bits per heavy atom. The van der Waals surface area contributed by atoms with Crippen molar-refractivity contribution >= 4 is 5.82 Å². The maximum absolute atomic E-state index is 5.63. The van der Waals surface area contributed by atoms with Crippen LogP contribution in [0.5, 0.6) is 0 Å². The lowest BCUT2D eigenvalue weighted by Crippen LogP contribution is -3.18. The Kier molecular flexibility index (Phi) is 1.84. The van der Waals surface area contributed by atoms with Gasteiger partial charge in [-0.05, 0) is 6.92 Å². The number of nitrogens with one attached hydrogen (secondary N) is 1. The average Bonchev–Trinajstić information content (AvgIpc) is 2.52. The van der Waals surface area contributed by atoms with E-state index >= 15 is 0 Å². The van der Waals surface area contributed by atoms with Gasteiger partial charge in [-0.2, -0.15) is 16.1 Å². The van der Waals surface area contributed by atoms with E-state index in [4.69, 9.17) is 5.84 Å². The molecule has 6 heteroatoms. The number of aromatic nitrogens is 2. The monoisotopic (exact) mass is 178 g/mol. The summed E-state index contributed by atoms with van der Waals surface area (Å²) in [6.07, 6.45) is 6.63. The van der Waals surface area contributed by atoms with Crippen LogP contribution >= 0.6 is 0 Å². The molecule has 0 spiro atoms. The van der Waals surface area contributed by atoms with Crippen LogP contribution in [-0.4, -0.2) is 9.97 Å². The molecule has 0 radical (unpaired) electrons. The third-order valence-electron chi connectivity index (χ3n) is 1.77. The zero-order valence-electron chi connectivity index (χ0n) is 7.18. The Balaban J connectivity index is 2.35. The smallest absolute Gasteiger partial charge is 0.189 e. The molecule has 0 saturated heterocycles. The fourth-order valence-electron chi connectivity index (χ4n) is 1.14. The van der Waals surface area contributed by atoms with Crippen LogP contribution in [0.15, 0.2) is 24.9 Å². The highest BCUT2D eigenvalue weighted by Crippen LogP contribution is 2.13. The van der Waals surface area contributed by atoms with Crippen molar-refractivity contribution in [2.24, 2.45) is 5.84 Å². The highest BCUT2D eigenvalue weighted by Gasteiger charge is 2.15. The Hall–Kier alpha value is -1.66. The Bertz CT molecular complexity index is 336. The van der Waals surface area contributed by atoms with E-state index in [2.05, 4.69) is 15.4 Å². The maximum Gasteiger partial charge on any atom is 0.189 e. The van der Waals surface area contributed by atoms with Crippen LogP contribution in [0.25, 0.3) is 5.43 Å². The second-order valence-electron chi connectivity index (χ2n) is 2.68. The molecule has 1 aliphatic rings. The summed E-state index contributed by atoms with van der Waals surface area (Å²) in [5, 5.41) is 2.15. The molecule has 0 bridgehead atoms. The molecule has 2 heterocycles. The molecular weight excluding hydrogens is 168 g/mol. The lowest BCUT2D eigenvalue weighted by Gasteiger charge is -2.26. The molecule has 68 valence electrons. The minimum absolute atomic E-state index is 0.432. The first-order chi connectivity index (χ1) is 6.29. The molecule has 1 unspecified atom stereocenters. The quantitative estimate of drug-likeness (QED) is 0.543. The van der Waals surface area contributed by atoms with Crippen molar-refractivity contribution in [1.29, 1.82) is 0 Å². The highest BCUT2D eigenvalue weighted by atomic mass is 15.9. The first-order valence-corrected chi connectivity index (χ1v) is 3.85. The van der Waals surface area contributed by atoms with Crippen molar-refractivity contribution < 1.29 is 5.23 Å². The van der Waals surface area contributed by atoms with Gasteiger partial charge in [0.15, 0.2) is 5.82 Å². The third kappa shape index (κ3) is 1.32. The molecule has 1 aliphatic heterocycles. The fourth-order valence-corrected chi connectivity index (χ4v) is 1.14. The molecule has 1 aromatic heterocycles. The van der Waals surface area contributed by atoms with E-state index in [1.165, 1.54) is 6.33 Å². The zero-order valence-corrected chi connectivity index (χ0v) is 7.18. The van der Waals surface area contributed by atoms with Gasteiger partial charge in [0.25, 0.3) is 0 Å². The Morgan fingerprint density at radius 2 is 2.46 bits per heavy atom. The largest absolute Gasteiger partial charge is 0.447 e. The van der Waals surface area contributed by atoms with Gasteiger partial charge in [0.2, 0.25) is 0 Å². The molecule has 0 aromatic carbocycles. The summed E-state index contributed by atoms with van der Waals surface area (Å²) in [5.41, 5.74) is 4.88. The minimum atomic E-state index is 0.432. The molecule has 0 amide bonds. The second-order valence-corrected chi connectivity index (χ2v) is 2.68. The van der Waals surface area contributed by atoms with Crippen LogP contribution in [0.4, 0.5) is 5.82 Å². The standard InChI is InChI=1S/C7H10N6/c1-6-4-9-5-10-7(6)12-3-2-11-13(12)8/h2-5,13H,8H2,1H3. The van der Waals surface area contributed by atoms with E-state index in [9.17, 15) is 0 Å². The zero-order chi connectivity index (χ0) is 9.26. The van der Waals surface area contributed by atoms with Crippen LogP contribution in [-0.2, 0) is 0 Å². The number of hydrogen-bond acceptors (Lipinski definition) is 4. The number of aryl methyl sites for hydroxylation is 1. The van der Waals surface area contributed by atoms with Crippen molar-refractivity contribution in [3.63, 3.8) is 0 Å². The van der Waals surface area contributed by atoms with Gasteiger partial charge in [-0.15, -0.1) is 6.20 Å². The van der Waals surface area contributed by atoms with Gasteiger partial charge in [-0.25, -0.2) is 9.97 Å². The summed E-state index contributed by atoms with van der Waals surface area (Å²) >= 11 is 0. The maximum atomic E-state index is 5.63. The van der Waals surface area contributed by atoms with Gasteiger partial charge in [0, 0.05) is 18.0 Å². The summed E-state index contributed by atoms with van der Waals surface area (Å²) in [5.74, 6) is 6.40. The van der Waals surface area contributed by atoms with Crippen molar-refractivity contribution in [2.75, 3.05) is 5.01 Å². The number of hydrogen-bond donors (Lipinski definition) is 2. The molecule has 6 nitrogen and oxygen atoms in total. The molecule has 2 rings (SSSR count). The van der Waals surface area contributed by atoms with E-state index in [1.54, 1.807) is 23.6 Å². The lowest BCUT2D eigenvalue weighted by atomic mass is 10.3. The molecule has 0 aliphatic carbocycles. The van der Waals surface area contributed by atoms with Crippen molar-refractivity contribution in [3.05, 3.63) is 35.9 Å². The summed E-state index contributed by atoms with van der Waals surface area (Å²) in [4.78, 5) is 8.01. The minimum Gasteiger partial charge on any atom is -0.447 e. The van der Waals surface area contributed by atoms with E-state index in [-0.39, 0.29) is 0 Å². The van der Waals surface area contributed by atoms with Gasteiger partial charge >= 0.3 is 0 Å². The second kappa shape index (κ2) is 3.00. The van der Waals surface area contributed by atoms with Crippen molar-refractivity contribution in [3.8, 4) is 0 Å². The number of nitrogens with two attached hydrogens (primary N) is 1. The van der Waals surface area contributed by atoms with Crippen LogP contribution in [0.2, 0.25) is 0 Å². The number of rotatable bonds is 1. The van der Waals surface area contributed by atoms with Gasteiger partial charge in [-0.1, -0.05) is 0 Å². The summed E-state index contributed by atoms with van der Waals surface area (Å²) in [7, 11) is 0. The molecular formula is C7H10N6. The molecule has 0 saturated carbocycles. The number of anilines is 1. The molecule has 13 heavy (non-hydrogen) atoms. The van der Waals surface area contributed by atoms with E-state index < -0.39 is 0 Å². The first kappa shape index (κ1) is 7.96. The molecule has 1 aromatic rings. The van der Waals surface area contributed by atoms with Crippen molar-refractivity contribution in [1.82, 2.24) is 9.97 Å². The predicted molar refractivity (Wildman–Crippen MR) is 46.9 cm³/mol. The fraction of sp³-hybridized carbons (Fsp3) is 0.143. The Labute approximate surface area is 75.6 Å². The van der Waals surface area contributed by atoms with Crippen LogP contribution in [0, 0.1) is 6.92 Å². The normalized spacial score (nSPS) is 20.5.